The van der Waals surface area contributed by atoms with Crippen molar-refractivity contribution in [2.45, 2.75) is 6.92 Å². The van der Waals surface area contributed by atoms with Crippen molar-refractivity contribution in [3.05, 3.63) is 176 Å². The molecule has 55 heavy (non-hydrogen) atoms. The first kappa shape index (κ1) is 34.6. The Hall–Kier alpha value is -6.13. The van der Waals surface area contributed by atoms with E-state index in [0.29, 0.717) is 11.3 Å². The number of pyridine rings is 2. The van der Waals surface area contributed by atoms with Gasteiger partial charge in [0.2, 0.25) is 0 Å². The van der Waals surface area contributed by atoms with E-state index in [0.717, 1.165) is 72.4 Å². The molecule has 0 atom stereocenters. The van der Waals surface area contributed by atoms with Gasteiger partial charge in [0.25, 0.3) is 0 Å². The number of thiophene rings is 1. The summed E-state index contributed by atoms with van der Waals surface area (Å²) in [5, 5.41) is 15.4. The van der Waals surface area contributed by atoms with Crippen LogP contribution in [0.15, 0.2) is 168 Å². The molecule has 10 rings (SSSR count). The predicted octanol–water partition coefficient (Wildman–Crippen LogP) is 13.4. The molecule has 4 nitrogen and oxygen atoms in total. The number of aromatic nitrogens is 2. The van der Waals surface area contributed by atoms with Crippen LogP contribution >= 0.6 is 11.3 Å². The monoisotopic (exact) mass is 906 g/mol. The van der Waals surface area contributed by atoms with Crippen molar-refractivity contribution in [3.63, 3.8) is 0 Å². The third-order valence-corrected chi connectivity index (χ3v) is 11.3. The maximum absolute atomic E-state index is 10.8. The summed E-state index contributed by atoms with van der Waals surface area (Å²) in [4.78, 5) is 12.5. The molecule has 0 amide bonds. The van der Waals surface area contributed by atoms with Crippen LogP contribution in [0, 0.1) is 13.0 Å². The quantitative estimate of drug-likeness (QED) is 0.169. The third kappa shape index (κ3) is 6.36. The average molecular weight is 907 g/mol. The van der Waals surface area contributed by atoms with E-state index >= 15 is 0 Å². The van der Waals surface area contributed by atoms with Gasteiger partial charge in [-0.2, -0.15) is 0 Å². The molecule has 6 aromatic carbocycles. The van der Waals surface area contributed by atoms with Crippen LogP contribution in [0.5, 0.6) is 5.75 Å². The normalized spacial score (nSPS) is 11.3. The molecule has 0 unspecified atom stereocenters. The summed E-state index contributed by atoms with van der Waals surface area (Å²) in [6.07, 6.45) is 0. The van der Waals surface area contributed by atoms with Gasteiger partial charge in [0.05, 0.1) is 5.69 Å². The SMILES string of the molecule is Cc1cc(-c2sc(-c3ccc4c(c3)oc3ccccc34)c3ccccc23)cc(-c2[c-]c(-c3cc(-c4ccccc4)cc(-c4ccccc4O)n3)ccc2)n1.[Pt]. The Morgan fingerprint density at radius 3 is 1.89 bits per heavy atom. The number of aryl methyl sites for hydroxylation is 1. The van der Waals surface area contributed by atoms with E-state index in [4.69, 9.17) is 14.4 Å². The van der Waals surface area contributed by atoms with Crippen LogP contribution in [0.25, 0.3) is 98.5 Å². The fraction of sp³-hybridized carbons (Fsp3) is 0.0204. The van der Waals surface area contributed by atoms with Crippen molar-refractivity contribution in [2.75, 3.05) is 0 Å². The second kappa shape index (κ2) is 14.3. The topological polar surface area (TPSA) is 59.2 Å². The van der Waals surface area contributed by atoms with E-state index in [1.54, 1.807) is 17.4 Å². The number of phenolic OH excluding ortho intramolecular Hbond substituents is 1. The van der Waals surface area contributed by atoms with Crippen LogP contribution < -0.4 is 0 Å². The zero-order valence-corrected chi connectivity index (χ0v) is 32.7. The van der Waals surface area contributed by atoms with E-state index < -0.39 is 0 Å². The zero-order valence-electron chi connectivity index (χ0n) is 29.6. The number of aromatic hydroxyl groups is 1. The van der Waals surface area contributed by atoms with E-state index in [9.17, 15) is 5.11 Å². The Bertz CT molecular complexity index is 3040. The standard InChI is InChI=1S/C49H31N2O2S.Pt/c1-30-24-36(49-40-18-6-5-17-39(40)48(54-49)34-22-23-38-37-16-8-10-21-46(37)53-47(38)29-34)28-42(50-30)32-14-11-15-33(25-32)43-26-35(31-12-3-2-4-13-31)27-44(51-43)41-19-7-9-20-45(41)52;/h2-24,26-29,52H,1H3;/q-1;. The first-order valence-corrected chi connectivity index (χ1v) is 18.7. The van der Waals surface area contributed by atoms with Gasteiger partial charge in [0, 0.05) is 75.0 Å². The van der Waals surface area contributed by atoms with Gasteiger partial charge in [-0.1, -0.05) is 114 Å². The van der Waals surface area contributed by atoms with Crippen LogP contribution in [-0.4, -0.2) is 15.1 Å². The summed E-state index contributed by atoms with van der Waals surface area (Å²) in [7, 11) is 0. The maximum Gasteiger partial charge on any atom is 0.136 e. The number of furan rings is 1. The van der Waals surface area contributed by atoms with Gasteiger partial charge in [-0.3, -0.25) is 9.97 Å². The molecule has 0 aliphatic heterocycles. The smallest absolute Gasteiger partial charge is 0.136 e. The van der Waals surface area contributed by atoms with Gasteiger partial charge in [-0.05, 0) is 71.6 Å². The van der Waals surface area contributed by atoms with Crippen molar-refractivity contribution in [2.24, 2.45) is 0 Å². The van der Waals surface area contributed by atoms with Gasteiger partial charge in [0.1, 0.15) is 16.9 Å². The van der Waals surface area contributed by atoms with Gasteiger partial charge in [0.15, 0.2) is 0 Å². The molecule has 0 radical (unpaired) electrons. The Morgan fingerprint density at radius 2 is 1.11 bits per heavy atom. The van der Waals surface area contributed by atoms with Crippen LogP contribution in [0.1, 0.15) is 5.69 Å². The van der Waals surface area contributed by atoms with Gasteiger partial charge < -0.3 is 9.52 Å². The van der Waals surface area contributed by atoms with E-state index in [1.165, 1.54) is 20.5 Å². The van der Waals surface area contributed by atoms with Crippen molar-refractivity contribution >= 4 is 44.0 Å². The van der Waals surface area contributed by atoms with E-state index in [1.807, 2.05) is 73.7 Å². The number of phenols is 1. The predicted molar refractivity (Wildman–Crippen MR) is 223 cm³/mol. The summed E-state index contributed by atoms with van der Waals surface area (Å²) in [5.41, 5.74) is 11.7. The van der Waals surface area contributed by atoms with E-state index in [-0.39, 0.29) is 26.8 Å². The third-order valence-electron chi connectivity index (χ3n) is 9.94. The Morgan fingerprint density at radius 1 is 0.491 bits per heavy atom. The number of fused-ring (bicyclic) bond motifs is 4. The van der Waals surface area contributed by atoms with Gasteiger partial charge >= 0.3 is 0 Å². The van der Waals surface area contributed by atoms with Gasteiger partial charge in [-0.15, -0.1) is 35.6 Å². The molecule has 0 bridgehead atoms. The molecule has 0 aliphatic carbocycles. The number of nitrogens with zero attached hydrogens (tertiary/aromatic N) is 2. The number of hydrogen-bond donors (Lipinski definition) is 1. The maximum atomic E-state index is 10.8. The molecule has 1 N–H and O–H groups in total. The Balaban J connectivity index is 0.00000397. The fourth-order valence-corrected chi connectivity index (χ4v) is 8.65. The van der Waals surface area contributed by atoms with Crippen LogP contribution in [-0.2, 0) is 21.1 Å². The van der Waals surface area contributed by atoms with E-state index in [2.05, 4.69) is 97.1 Å². The van der Waals surface area contributed by atoms with Crippen LogP contribution in [0.4, 0.5) is 0 Å². The molecule has 0 spiro atoms. The molecule has 0 saturated carbocycles. The van der Waals surface area contributed by atoms with Crippen LogP contribution in [0.3, 0.4) is 0 Å². The fourth-order valence-electron chi connectivity index (χ4n) is 7.39. The summed E-state index contributed by atoms with van der Waals surface area (Å²) < 4.78 is 6.28. The molecule has 0 fully saturated rings. The minimum atomic E-state index is 0. The average Bonchev–Trinajstić information content (AvgIpc) is 3.80. The second-order valence-electron chi connectivity index (χ2n) is 13.5. The first-order chi connectivity index (χ1) is 26.6. The van der Waals surface area contributed by atoms with Crippen molar-refractivity contribution in [3.8, 4) is 71.5 Å². The van der Waals surface area contributed by atoms with Crippen molar-refractivity contribution in [1.29, 1.82) is 0 Å². The minimum Gasteiger partial charge on any atom is -0.507 e. The molecule has 0 aliphatic rings. The first-order valence-electron chi connectivity index (χ1n) is 17.9. The summed E-state index contributed by atoms with van der Waals surface area (Å²) in [6.45, 7) is 2.05. The Labute approximate surface area is 336 Å². The molecular formula is C49H31N2O2PtS-. The number of hydrogen-bond acceptors (Lipinski definition) is 5. The number of para-hydroxylation sites is 2. The van der Waals surface area contributed by atoms with Crippen molar-refractivity contribution < 1.29 is 30.6 Å². The zero-order chi connectivity index (χ0) is 36.2. The summed E-state index contributed by atoms with van der Waals surface area (Å²) >= 11 is 1.80. The minimum absolute atomic E-state index is 0. The number of benzene rings is 6. The second-order valence-corrected chi connectivity index (χ2v) is 14.5. The molecule has 266 valence electrons. The molecular weight excluding hydrogens is 876 g/mol. The molecule has 10 aromatic rings. The largest absolute Gasteiger partial charge is 0.507 e. The molecule has 0 saturated heterocycles. The Kier molecular flexibility index (Phi) is 8.98. The molecule has 6 heteroatoms. The van der Waals surface area contributed by atoms with Crippen molar-refractivity contribution in [1.82, 2.24) is 9.97 Å². The summed E-state index contributed by atoms with van der Waals surface area (Å²) in [6, 6.07) is 59.2. The summed E-state index contributed by atoms with van der Waals surface area (Å²) in [5.74, 6) is 0.190. The van der Waals surface area contributed by atoms with Gasteiger partial charge in [-0.25, -0.2) is 0 Å². The molecule has 4 aromatic heterocycles. The van der Waals surface area contributed by atoms with Crippen LogP contribution in [0.2, 0.25) is 0 Å². The number of rotatable bonds is 6. The molecule has 4 heterocycles.